The number of nitrogens with zero attached hydrogens (tertiary/aromatic N) is 1. The standard InChI is InChI=1S/C7H13N3O/c1-2-3-4-5-6-9-10-7(8)11/h3-4,6H,2,5H2,1H3,(H3,8,10,11)/b4-3+,9-6+. The number of nitrogens with one attached hydrogen (secondary N) is 1. The number of urea groups is 1. The van der Waals surface area contributed by atoms with Gasteiger partial charge in [-0.15, -0.1) is 0 Å². The van der Waals surface area contributed by atoms with Crippen molar-refractivity contribution in [1.82, 2.24) is 5.43 Å². The fraction of sp³-hybridized carbons (Fsp3) is 0.429. The molecular weight excluding hydrogens is 142 g/mol. The molecule has 0 radical (unpaired) electrons. The van der Waals surface area contributed by atoms with Crippen molar-refractivity contribution in [2.24, 2.45) is 10.8 Å². The Morgan fingerprint density at radius 2 is 2.36 bits per heavy atom. The summed E-state index contributed by atoms with van der Waals surface area (Å²) >= 11 is 0. The minimum atomic E-state index is -0.638. The van der Waals surface area contributed by atoms with Gasteiger partial charge in [-0.05, 0) is 6.42 Å². The van der Waals surface area contributed by atoms with Crippen LogP contribution < -0.4 is 11.2 Å². The maximum atomic E-state index is 10.1. The number of rotatable bonds is 4. The van der Waals surface area contributed by atoms with E-state index in [1.165, 1.54) is 0 Å². The topological polar surface area (TPSA) is 67.5 Å². The molecule has 0 fully saturated rings. The summed E-state index contributed by atoms with van der Waals surface area (Å²) < 4.78 is 0. The van der Waals surface area contributed by atoms with Gasteiger partial charge in [0.15, 0.2) is 0 Å². The van der Waals surface area contributed by atoms with E-state index in [0.29, 0.717) is 6.42 Å². The minimum absolute atomic E-state index is 0.638. The van der Waals surface area contributed by atoms with Crippen LogP contribution in [0.5, 0.6) is 0 Å². The number of primary amides is 1. The largest absolute Gasteiger partial charge is 0.350 e. The van der Waals surface area contributed by atoms with E-state index in [1.807, 2.05) is 12.2 Å². The molecule has 0 aromatic rings. The number of hydrogen-bond donors (Lipinski definition) is 2. The van der Waals surface area contributed by atoms with E-state index in [9.17, 15) is 4.79 Å². The molecule has 0 saturated heterocycles. The molecule has 62 valence electrons. The maximum absolute atomic E-state index is 10.1. The summed E-state index contributed by atoms with van der Waals surface area (Å²) in [6.45, 7) is 2.05. The molecule has 3 N–H and O–H groups in total. The molecule has 0 aliphatic heterocycles. The lowest BCUT2D eigenvalue weighted by molar-refractivity contribution is 0.249. The quantitative estimate of drug-likeness (QED) is 0.355. The molecule has 4 heteroatoms. The highest BCUT2D eigenvalue weighted by Gasteiger charge is 1.81. The lowest BCUT2D eigenvalue weighted by Gasteiger charge is -1.87. The number of carbonyl (C=O) groups excluding carboxylic acids is 1. The highest BCUT2D eigenvalue weighted by atomic mass is 16.2. The molecule has 0 saturated carbocycles. The zero-order valence-electron chi connectivity index (χ0n) is 6.58. The van der Waals surface area contributed by atoms with Gasteiger partial charge < -0.3 is 5.73 Å². The molecule has 11 heavy (non-hydrogen) atoms. The molecule has 0 aromatic carbocycles. The van der Waals surface area contributed by atoms with Gasteiger partial charge in [-0.3, -0.25) is 0 Å². The smallest absolute Gasteiger partial charge is 0.332 e. The molecule has 2 amide bonds. The molecule has 0 aliphatic carbocycles. The van der Waals surface area contributed by atoms with Crippen molar-refractivity contribution in [1.29, 1.82) is 0 Å². The van der Waals surface area contributed by atoms with E-state index >= 15 is 0 Å². The van der Waals surface area contributed by atoms with E-state index < -0.39 is 6.03 Å². The molecule has 0 heterocycles. The highest BCUT2D eigenvalue weighted by Crippen LogP contribution is 1.81. The average Bonchev–Trinajstić information content (AvgIpc) is 1.96. The van der Waals surface area contributed by atoms with E-state index in [4.69, 9.17) is 5.73 Å². The summed E-state index contributed by atoms with van der Waals surface area (Å²) in [4.78, 5) is 10.1. The van der Waals surface area contributed by atoms with Gasteiger partial charge in [0.05, 0.1) is 0 Å². The summed E-state index contributed by atoms with van der Waals surface area (Å²) in [7, 11) is 0. The molecule has 0 aromatic heterocycles. The van der Waals surface area contributed by atoms with E-state index in [1.54, 1.807) is 6.21 Å². The number of carbonyl (C=O) groups is 1. The van der Waals surface area contributed by atoms with Crippen molar-refractivity contribution in [3.63, 3.8) is 0 Å². The predicted octanol–water partition coefficient (Wildman–Crippen LogP) is 0.997. The van der Waals surface area contributed by atoms with Crippen LogP contribution in [0.3, 0.4) is 0 Å². The Morgan fingerprint density at radius 3 is 2.91 bits per heavy atom. The van der Waals surface area contributed by atoms with Crippen molar-refractivity contribution in [3.05, 3.63) is 12.2 Å². The SMILES string of the molecule is CC/C=C/C/C=N/NC(N)=O. The zero-order valence-corrected chi connectivity index (χ0v) is 6.58. The van der Waals surface area contributed by atoms with Crippen molar-refractivity contribution in [3.8, 4) is 0 Å². The number of allylic oxidation sites excluding steroid dienone is 2. The van der Waals surface area contributed by atoms with Crippen LogP contribution in [0.15, 0.2) is 17.3 Å². The Hall–Kier alpha value is -1.32. The van der Waals surface area contributed by atoms with E-state index in [-0.39, 0.29) is 0 Å². The second kappa shape index (κ2) is 6.80. The third kappa shape index (κ3) is 8.68. The van der Waals surface area contributed by atoms with Gasteiger partial charge in [0.25, 0.3) is 0 Å². The monoisotopic (exact) mass is 155 g/mol. The molecule has 0 atom stereocenters. The second-order valence-corrected chi connectivity index (χ2v) is 1.90. The Labute approximate surface area is 66.2 Å². The molecule has 0 rings (SSSR count). The molecule has 0 spiro atoms. The van der Waals surface area contributed by atoms with Gasteiger partial charge in [0, 0.05) is 12.6 Å². The van der Waals surface area contributed by atoms with Gasteiger partial charge in [-0.25, -0.2) is 10.2 Å². The van der Waals surface area contributed by atoms with Crippen LogP contribution in [-0.2, 0) is 0 Å². The number of amides is 2. The Balaban J connectivity index is 3.30. The van der Waals surface area contributed by atoms with Crippen molar-refractivity contribution >= 4 is 12.2 Å². The average molecular weight is 155 g/mol. The van der Waals surface area contributed by atoms with Gasteiger partial charge in [-0.1, -0.05) is 19.1 Å². The van der Waals surface area contributed by atoms with E-state index in [0.717, 1.165) is 6.42 Å². The predicted molar refractivity (Wildman–Crippen MR) is 45.3 cm³/mol. The van der Waals surface area contributed by atoms with Crippen LogP contribution in [-0.4, -0.2) is 12.2 Å². The molecule has 0 aliphatic rings. The molecule has 0 unspecified atom stereocenters. The first kappa shape index (κ1) is 9.68. The van der Waals surface area contributed by atoms with Crippen LogP contribution in [0.2, 0.25) is 0 Å². The lowest BCUT2D eigenvalue weighted by Crippen LogP contribution is -2.24. The van der Waals surface area contributed by atoms with Gasteiger partial charge in [-0.2, -0.15) is 5.10 Å². The summed E-state index contributed by atoms with van der Waals surface area (Å²) in [6, 6.07) is -0.638. The zero-order chi connectivity index (χ0) is 8.53. The fourth-order valence-electron chi connectivity index (χ4n) is 0.486. The minimum Gasteiger partial charge on any atom is -0.350 e. The van der Waals surface area contributed by atoms with Crippen LogP contribution in [0.1, 0.15) is 19.8 Å². The lowest BCUT2D eigenvalue weighted by atomic mass is 10.3. The van der Waals surface area contributed by atoms with Crippen LogP contribution in [0.4, 0.5) is 4.79 Å². The third-order valence-electron chi connectivity index (χ3n) is 0.910. The molecular formula is C7H13N3O. The maximum Gasteiger partial charge on any atom is 0.332 e. The Kier molecular flexibility index (Phi) is 5.98. The van der Waals surface area contributed by atoms with Crippen molar-refractivity contribution in [2.45, 2.75) is 19.8 Å². The van der Waals surface area contributed by atoms with Crippen molar-refractivity contribution in [2.75, 3.05) is 0 Å². The Morgan fingerprint density at radius 1 is 1.64 bits per heavy atom. The van der Waals surface area contributed by atoms with Crippen LogP contribution in [0.25, 0.3) is 0 Å². The molecule has 0 bridgehead atoms. The van der Waals surface area contributed by atoms with Gasteiger partial charge in [0.1, 0.15) is 0 Å². The summed E-state index contributed by atoms with van der Waals surface area (Å²) in [5, 5.41) is 3.54. The Bertz CT molecular complexity index is 163. The van der Waals surface area contributed by atoms with Crippen LogP contribution >= 0.6 is 0 Å². The fourth-order valence-corrected chi connectivity index (χ4v) is 0.486. The van der Waals surface area contributed by atoms with Crippen molar-refractivity contribution < 1.29 is 4.79 Å². The summed E-state index contributed by atoms with van der Waals surface area (Å²) in [5.41, 5.74) is 6.85. The number of hydrazone groups is 1. The number of hydrogen-bond acceptors (Lipinski definition) is 2. The van der Waals surface area contributed by atoms with Crippen LogP contribution in [0, 0.1) is 0 Å². The van der Waals surface area contributed by atoms with Gasteiger partial charge >= 0.3 is 6.03 Å². The first-order valence-electron chi connectivity index (χ1n) is 3.49. The highest BCUT2D eigenvalue weighted by molar-refractivity contribution is 5.72. The first-order valence-corrected chi connectivity index (χ1v) is 3.49. The normalized spacial score (nSPS) is 11.0. The summed E-state index contributed by atoms with van der Waals surface area (Å²) in [5.74, 6) is 0. The molecule has 4 nitrogen and oxygen atoms in total. The van der Waals surface area contributed by atoms with Gasteiger partial charge in [0.2, 0.25) is 0 Å². The summed E-state index contributed by atoms with van der Waals surface area (Å²) in [6.07, 6.45) is 7.30. The second-order valence-electron chi connectivity index (χ2n) is 1.90. The van der Waals surface area contributed by atoms with E-state index in [2.05, 4.69) is 17.5 Å². The number of nitrogens with two attached hydrogens (primary N) is 1. The third-order valence-corrected chi connectivity index (χ3v) is 0.910. The first-order chi connectivity index (χ1) is 5.27.